The van der Waals surface area contributed by atoms with Gasteiger partial charge in [0.15, 0.2) is 0 Å². The molecule has 7 nitrogen and oxygen atoms in total. The van der Waals surface area contributed by atoms with Crippen LogP contribution in [0, 0.1) is 5.92 Å². The van der Waals surface area contributed by atoms with Gasteiger partial charge in [0.25, 0.3) is 0 Å². The molecule has 1 aliphatic carbocycles. The number of halogens is 3. The molecule has 10 heteroatoms. The number of rotatable bonds is 7. The van der Waals surface area contributed by atoms with E-state index in [-0.39, 0.29) is 17.7 Å². The van der Waals surface area contributed by atoms with Crippen LogP contribution in [0.1, 0.15) is 24.8 Å². The highest BCUT2D eigenvalue weighted by Crippen LogP contribution is 2.31. The lowest BCUT2D eigenvalue weighted by molar-refractivity contribution is -0.139. The number of amides is 1. The number of aromatic nitrogens is 4. The van der Waals surface area contributed by atoms with Crippen molar-refractivity contribution in [1.82, 2.24) is 19.7 Å². The molecule has 0 spiro atoms. The van der Waals surface area contributed by atoms with Gasteiger partial charge in [-0.15, -0.1) is 0 Å². The van der Waals surface area contributed by atoms with Crippen molar-refractivity contribution >= 4 is 22.6 Å². The smallest absolute Gasteiger partial charge is 0.392 e. The fourth-order valence-corrected chi connectivity index (χ4v) is 2.79. The summed E-state index contributed by atoms with van der Waals surface area (Å²) in [7, 11) is 0. The Morgan fingerprint density at radius 2 is 2.07 bits per heavy atom. The Bertz CT molecular complexity index is 1010. The maximum atomic E-state index is 12.2. The Balaban J connectivity index is 1.42. The highest BCUT2D eigenvalue weighted by Gasteiger charge is 2.30. The average Bonchev–Trinajstić information content (AvgIpc) is 3.43. The van der Waals surface area contributed by atoms with Crippen molar-refractivity contribution in [2.45, 2.75) is 32.0 Å². The Kier molecular flexibility index (Phi) is 5.08. The SMILES string of the molecule is O=C(Nc1nccc2nn(Cc3ccc(OCCC(F)(F)F)nc3)cc12)C1CC1. The number of anilines is 1. The van der Waals surface area contributed by atoms with Crippen molar-refractivity contribution in [2.24, 2.45) is 5.92 Å². The molecule has 0 aromatic carbocycles. The number of carbonyl (C=O) groups is 1. The summed E-state index contributed by atoms with van der Waals surface area (Å²) in [5, 5.41) is 8.06. The largest absolute Gasteiger partial charge is 0.477 e. The normalized spacial score (nSPS) is 14.2. The lowest BCUT2D eigenvalue weighted by Gasteiger charge is -2.08. The summed E-state index contributed by atoms with van der Waals surface area (Å²) in [5.74, 6) is 0.670. The lowest BCUT2D eigenvalue weighted by atomic mass is 10.3. The minimum atomic E-state index is -4.26. The Morgan fingerprint density at radius 3 is 2.76 bits per heavy atom. The van der Waals surface area contributed by atoms with Crippen LogP contribution in [0.3, 0.4) is 0 Å². The zero-order valence-corrected chi connectivity index (χ0v) is 15.3. The van der Waals surface area contributed by atoms with Crippen LogP contribution in [-0.2, 0) is 11.3 Å². The van der Waals surface area contributed by atoms with Gasteiger partial charge in [0.05, 0.1) is 30.5 Å². The van der Waals surface area contributed by atoms with E-state index in [1.807, 2.05) is 0 Å². The summed E-state index contributed by atoms with van der Waals surface area (Å²) >= 11 is 0. The summed E-state index contributed by atoms with van der Waals surface area (Å²) in [6, 6.07) is 5.00. The first kappa shape index (κ1) is 19.2. The average molecular weight is 405 g/mol. The number of pyridine rings is 2. The van der Waals surface area contributed by atoms with E-state index in [0.717, 1.165) is 23.8 Å². The molecule has 1 N–H and O–H groups in total. The van der Waals surface area contributed by atoms with Crippen molar-refractivity contribution in [1.29, 1.82) is 0 Å². The molecule has 0 radical (unpaired) electrons. The predicted molar refractivity (Wildman–Crippen MR) is 98.4 cm³/mol. The molecule has 3 aromatic rings. The number of fused-ring (bicyclic) bond motifs is 1. The summed E-state index contributed by atoms with van der Waals surface area (Å²) in [6.45, 7) is -0.0662. The summed E-state index contributed by atoms with van der Waals surface area (Å²) in [6.07, 6.45) is 1.45. The van der Waals surface area contributed by atoms with Crippen LogP contribution in [0.5, 0.6) is 5.88 Å². The fourth-order valence-electron chi connectivity index (χ4n) is 2.79. The number of nitrogens with zero attached hydrogens (tertiary/aromatic N) is 4. The predicted octanol–water partition coefficient (Wildman–Crippen LogP) is 3.55. The molecule has 4 rings (SSSR count). The molecule has 0 unspecified atom stereocenters. The maximum Gasteiger partial charge on any atom is 0.392 e. The lowest BCUT2D eigenvalue weighted by Crippen LogP contribution is -2.14. The van der Waals surface area contributed by atoms with E-state index in [2.05, 4.69) is 20.4 Å². The van der Waals surface area contributed by atoms with Crippen molar-refractivity contribution < 1.29 is 22.7 Å². The van der Waals surface area contributed by atoms with Crippen LogP contribution in [0.15, 0.2) is 36.8 Å². The molecule has 3 heterocycles. The molecule has 0 bridgehead atoms. The molecule has 1 aliphatic rings. The Hall–Kier alpha value is -3.17. The second-order valence-corrected chi connectivity index (χ2v) is 6.90. The van der Waals surface area contributed by atoms with Gasteiger partial charge in [-0.1, -0.05) is 6.07 Å². The quantitative estimate of drug-likeness (QED) is 0.650. The van der Waals surface area contributed by atoms with E-state index in [4.69, 9.17) is 4.74 Å². The summed E-state index contributed by atoms with van der Waals surface area (Å²) in [5.41, 5.74) is 1.50. The molecular formula is C19H18F3N5O2. The molecule has 29 heavy (non-hydrogen) atoms. The fraction of sp³-hybridized carbons (Fsp3) is 0.368. The number of carbonyl (C=O) groups excluding carboxylic acids is 1. The second kappa shape index (κ2) is 7.69. The second-order valence-electron chi connectivity index (χ2n) is 6.90. The van der Waals surface area contributed by atoms with Gasteiger partial charge in [-0.25, -0.2) is 9.97 Å². The van der Waals surface area contributed by atoms with E-state index in [0.29, 0.717) is 17.9 Å². The van der Waals surface area contributed by atoms with Gasteiger partial charge < -0.3 is 10.1 Å². The van der Waals surface area contributed by atoms with Gasteiger partial charge >= 0.3 is 6.18 Å². The zero-order valence-electron chi connectivity index (χ0n) is 15.3. The Morgan fingerprint density at radius 1 is 1.24 bits per heavy atom. The third-order valence-electron chi connectivity index (χ3n) is 4.45. The molecule has 1 amide bonds. The maximum absolute atomic E-state index is 12.2. The first-order valence-electron chi connectivity index (χ1n) is 9.15. The molecule has 3 aromatic heterocycles. The van der Waals surface area contributed by atoms with Crippen LogP contribution < -0.4 is 10.1 Å². The first-order valence-corrected chi connectivity index (χ1v) is 9.15. The highest BCUT2D eigenvalue weighted by atomic mass is 19.4. The van der Waals surface area contributed by atoms with Gasteiger partial charge in [0, 0.05) is 30.6 Å². The summed E-state index contributed by atoms with van der Waals surface area (Å²) < 4.78 is 43.2. The number of nitrogens with one attached hydrogen (secondary N) is 1. The Labute approximate surface area is 163 Å². The van der Waals surface area contributed by atoms with Crippen molar-refractivity contribution in [3.05, 3.63) is 42.4 Å². The number of hydrogen-bond acceptors (Lipinski definition) is 5. The minimum absolute atomic E-state index is 0.0249. The first-order chi connectivity index (χ1) is 13.9. The standard InChI is InChI=1S/C19H18F3N5O2/c20-19(21,22)6-8-29-16-4-1-12(9-24-16)10-27-11-14-15(26-27)5-7-23-17(14)25-18(28)13-2-3-13/h1,4-5,7,9,11,13H,2-3,6,8,10H2,(H,23,25,28). The van der Waals surface area contributed by atoms with Crippen molar-refractivity contribution in [2.75, 3.05) is 11.9 Å². The molecule has 0 aliphatic heterocycles. The monoisotopic (exact) mass is 405 g/mol. The van der Waals surface area contributed by atoms with Crippen molar-refractivity contribution in [3.8, 4) is 5.88 Å². The number of alkyl halides is 3. The van der Waals surface area contributed by atoms with Gasteiger partial charge in [0.2, 0.25) is 11.8 Å². The van der Waals surface area contributed by atoms with E-state index >= 15 is 0 Å². The van der Waals surface area contributed by atoms with Gasteiger partial charge in [-0.05, 0) is 24.5 Å². The molecule has 0 saturated heterocycles. The molecule has 0 atom stereocenters. The number of hydrogen-bond donors (Lipinski definition) is 1. The number of ether oxygens (including phenoxy) is 1. The topological polar surface area (TPSA) is 81.9 Å². The van der Waals surface area contributed by atoms with E-state index in [9.17, 15) is 18.0 Å². The third kappa shape index (κ3) is 5.01. The van der Waals surface area contributed by atoms with E-state index in [1.54, 1.807) is 29.2 Å². The molecular weight excluding hydrogens is 387 g/mol. The zero-order chi connectivity index (χ0) is 20.4. The molecule has 1 saturated carbocycles. The van der Waals surface area contributed by atoms with Crippen LogP contribution in [0.2, 0.25) is 0 Å². The van der Waals surface area contributed by atoms with E-state index in [1.165, 1.54) is 12.3 Å². The molecule has 152 valence electrons. The minimum Gasteiger partial charge on any atom is -0.477 e. The third-order valence-corrected chi connectivity index (χ3v) is 4.45. The van der Waals surface area contributed by atoms with Crippen LogP contribution >= 0.6 is 0 Å². The van der Waals surface area contributed by atoms with Crippen LogP contribution in [-0.4, -0.2) is 38.4 Å². The van der Waals surface area contributed by atoms with Crippen molar-refractivity contribution in [3.63, 3.8) is 0 Å². The van der Waals surface area contributed by atoms with Gasteiger partial charge in [-0.2, -0.15) is 18.3 Å². The summed E-state index contributed by atoms with van der Waals surface area (Å²) in [4.78, 5) is 20.3. The highest BCUT2D eigenvalue weighted by molar-refractivity contribution is 6.00. The van der Waals surface area contributed by atoms with Gasteiger partial charge in [0.1, 0.15) is 5.82 Å². The van der Waals surface area contributed by atoms with E-state index < -0.39 is 19.2 Å². The van der Waals surface area contributed by atoms with Crippen LogP contribution in [0.4, 0.5) is 19.0 Å². The molecule has 1 fully saturated rings. The van der Waals surface area contributed by atoms with Crippen LogP contribution in [0.25, 0.3) is 10.9 Å². The van der Waals surface area contributed by atoms with Gasteiger partial charge in [-0.3, -0.25) is 9.48 Å².